The second kappa shape index (κ2) is 8.63. The number of ether oxygens (including phenoxy) is 1. The molecule has 0 aliphatic carbocycles. The van der Waals surface area contributed by atoms with Crippen LogP contribution in [-0.4, -0.2) is 52.3 Å². The lowest BCUT2D eigenvalue weighted by atomic mass is 10.2. The number of benzene rings is 2. The topological polar surface area (TPSA) is 80.8 Å². The Kier molecular flexibility index (Phi) is 6.42. The van der Waals surface area contributed by atoms with Gasteiger partial charge in [0, 0.05) is 13.1 Å². The van der Waals surface area contributed by atoms with Crippen LogP contribution in [0.1, 0.15) is 18.4 Å². The molecule has 1 aliphatic rings. The van der Waals surface area contributed by atoms with Crippen LogP contribution in [0.2, 0.25) is 0 Å². The van der Waals surface area contributed by atoms with Crippen molar-refractivity contribution < 1.29 is 21.6 Å². The van der Waals surface area contributed by atoms with Crippen LogP contribution in [0.4, 0.5) is 0 Å². The summed E-state index contributed by atoms with van der Waals surface area (Å²) in [6.07, 6.45) is 1.05. The van der Waals surface area contributed by atoms with E-state index in [2.05, 4.69) is 0 Å². The molecule has 2 aromatic carbocycles. The molecule has 0 atom stereocenters. The van der Waals surface area contributed by atoms with Crippen LogP contribution in [0.5, 0.6) is 5.75 Å². The van der Waals surface area contributed by atoms with Crippen molar-refractivity contribution in [2.45, 2.75) is 29.4 Å². The maximum Gasteiger partial charge on any atom is 0.214 e. The molecule has 2 aromatic rings. The summed E-state index contributed by atoms with van der Waals surface area (Å²) in [5.41, 5.74) is 0.922. The molecule has 1 heterocycles. The molecule has 0 spiro atoms. The summed E-state index contributed by atoms with van der Waals surface area (Å²) in [5, 5.41) is -0.539. The van der Waals surface area contributed by atoms with Gasteiger partial charge in [0.25, 0.3) is 0 Å². The van der Waals surface area contributed by atoms with Gasteiger partial charge in [0.05, 0.1) is 23.0 Å². The van der Waals surface area contributed by atoms with Gasteiger partial charge in [-0.3, -0.25) is 0 Å². The second-order valence-corrected chi connectivity index (χ2v) is 11.2. The quantitative estimate of drug-likeness (QED) is 0.684. The smallest absolute Gasteiger partial charge is 0.214 e. The summed E-state index contributed by atoms with van der Waals surface area (Å²) in [6, 6.07) is 15.7. The van der Waals surface area contributed by atoms with E-state index < -0.39 is 25.1 Å². The van der Waals surface area contributed by atoms with E-state index in [9.17, 15) is 16.8 Å². The molecule has 0 amide bonds. The van der Waals surface area contributed by atoms with E-state index in [1.165, 1.54) is 4.31 Å². The Morgan fingerprint density at radius 1 is 0.929 bits per heavy atom. The maximum absolute atomic E-state index is 12.7. The molecule has 0 saturated carbocycles. The molecule has 0 bridgehead atoms. The van der Waals surface area contributed by atoms with Crippen LogP contribution in [-0.2, 0) is 26.3 Å². The Morgan fingerprint density at radius 3 is 2.11 bits per heavy atom. The summed E-state index contributed by atoms with van der Waals surface area (Å²) in [7, 11) is -5.27. The largest absolute Gasteiger partial charge is 0.497 e. The predicted molar refractivity (Wildman–Crippen MR) is 109 cm³/mol. The zero-order valence-electron chi connectivity index (χ0n) is 15.8. The third-order valence-electron chi connectivity index (χ3n) is 5.11. The first-order valence-electron chi connectivity index (χ1n) is 9.22. The minimum atomic E-state index is -3.43. The van der Waals surface area contributed by atoms with Crippen molar-refractivity contribution in [3.05, 3.63) is 60.2 Å². The highest BCUT2D eigenvalue weighted by Crippen LogP contribution is 2.26. The molecule has 0 N–H and O–H groups in total. The van der Waals surface area contributed by atoms with E-state index in [1.807, 2.05) is 24.3 Å². The molecule has 1 saturated heterocycles. The van der Waals surface area contributed by atoms with Crippen LogP contribution in [0.15, 0.2) is 59.5 Å². The van der Waals surface area contributed by atoms with Gasteiger partial charge in [-0.2, -0.15) is 0 Å². The Morgan fingerprint density at radius 2 is 1.54 bits per heavy atom. The second-order valence-electron chi connectivity index (χ2n) is 6.87. The van der Waals surface area contributed by atoms with Crippen molar-refractivity contribution in [1.82, 2.24) is 4.31 Å². The molecule has 1 aliphatic heterocycles. The van der Waals surface area contributed by atoms with E-state index in [0.717, 1.165) is 11.3 Å². The summed E-state index contributed by atoms with van der Waals surface area (Å²) in [4.78, 5) is 0.302. The average Bonchev–Trinajstić information content (AvgIpc) is 2.73. The number of rotatable bonds is 7. The molecular weight excluding hydrogens is 398 g/mol. The number of sulfonamides is 1. The fourth-order valence-corrected chi connectivity index (χ4v) is 6.66. The Bertz CT molecular complexity index is 979. The van der Waals surface area contributed by atoms with Crippen molar-refractivity contribution in [2.75, 3.05) is 26.0 Å². The Hall–Kier alpha value is -1.90. The van der Waals surface area contributed by atoms with Gasteiger partial charge < -0.3 is 4.74 Å². The summed E-state index contributed by atoms with van der Waals surface area (Å²) < 4.78 is 57.3. The lowest BCUT2D eigenvalue weighted by Crippen LogP contribution is -2.43. The fraction of sp³-hybridized carbons (Fsp3) is 0.400. The molecule has 6 nitrogen and oxygen atoms in total. The standard InChI is InChI=1S/C20H25NO5S2/c1-26-18-9-7-17(8-10-18)13-16-27(22,23)21-14-11-20(12-15-21)28(24,25)19-5-3-2-4-6-19/h2-10,20H,11-16H2,1H3. The fourth-order valence-electron chi connectivity index (χ4n) is 3.39. The summed E-state index contributed by atoms with van der Waals surface area (Å²) in [6.45, 7) is 0.476. The monoisotopic (exact) mass is 423 g/mol. The maximum atomic E-state index is 12.7. The SMILES string of the molecule is COc1ccc(CCS(=O)(=O)N2CCC(S(=O)(=O)c3ccccc3)CC2)cc1. The highest BCUT2D eigenvalue weighted by Gasteiger charge is 2.34. The van der Waals surface area contributed by atoms with Crippen LogP contribution >= 0.6 is 0 Å². The third-order valence-corrected chi connectivity index (χ3v) is 9.26. The van der Waals surface area contributed by atoms with Gasteiger partial charge in [-0.25, -0.2) is 21.1 Å². The van der Waals surface area contributed by atoms with Crippen molar-refractivity contribution in [2.24, 2.45) is 0 Å². The minimum Gasteiger partial charge on any atom is -0.497 e. The average molecular weight is 424 g/mol. The van der Waals surface area contributed by atoms with Gasteiger partial charge in [0.15, 0.2) is 9.84 Å². The highest BCUT2D eigenvalue weighted by molar-refractivity contribution is 7.92. The first-order chi connectivity index (χ1) is 13.3. The molecule has 28 heavy (non-hydrogen) atoms. The zero-order valence-corrected chi connectivity index (χ0v) is 17.5. The van der Waals surface area contributed by atoms with Crippen LogP contribution < -0.4 is 4.74 Å². The Balaban J connectivity index is 1.58. The van der Waals surface area contributed by atoms with Crippen LogP contribution in [0.3, 0.4) is 0 Å². The molecule has 152 valence electrons. The van der Waals surface area contributed by atoms with E-state index in [1.54, 1.807) is 37.4 Å². The summed E-state index contributed by atoms with van der Waals surface area (Å²) in [5.74, 6) is 0.739. The number of aryl methyl sites for hydroxylation is 1. The number of piperidine rings is 1. The van der Waals surface area contributed by atoms with Gasteiger partial charge in [-0.1, -0.05) is 30.3 Å². The minimum absolute atomic E-state index is 0.00936. The first kappa shape index (κ1) is 20.8. The van der Waals surface area contributed by atoms with E-state index in [-0.39, 0.29) is 18.8 Å². The first-order valence-corrected chi connectivity index (χ1v) is 12.4. The van der Waals surface area contributed by atoms with Crippen LogP contribution in [0.25, 0.3) is 0 Å². The van der Waals surface area contributed by atoms with Gasteiger partial charge in [0.2, 0.25) is 10.0 Å². The number of hydrogen-bond acceptors (Lipinski definition) is 5. The lowest BCUT2D eigenvalue weighted by Gasteiger charge is -2.31. The molecule has 0 radical (unpaired) electrons. The molecule has 0 aromatic heterocycles. The molecule has 0 unspecified atom stereocenters. The normalized spacial score (nSPS) is 16.8. The van der Waals surface area contributed by atoms with E-state index >= 15 is 0 Å². The van der Waals surface area contributed by atoms with E-state index in [4.69, 9.17) is 4.74 Å². The summed E-state index contributed by atoms with van der Waals surface area (Å²) >= 11 is 0. The zero-order chi connectivity index (χ0) is 20.2. The molecule has 1 fully saturated rings. The van der Waals surface area contributed by atoms with Crippen LogP contribution in [0, 0.1) is 0 Å². The highest BCUT2D eigenvalue weighted by atomic mass is 32.2. The van der Waals surface area contributed by atoms with Crippen molar-refractivity contribution in [3.8, 4) is 5.75 Å². The molecular formula is C20H25NO5S2. The predicted octanol–water partition coefficient (Wildman–Crippen LogP) is 2.51. The van der Waals surface area contributed by atoms with Gasteiger partial charge in [0.1, 0.15) is 5.75 Å². The van der Waals surface area contributed by atoms with Gasteiger partial charge in [-0.05, 0) is 49.1 Å². The third kappa shape index (κ3) is 4.74. The van der Waals surface area contributed by atoms with E-state index in [0.29, 0.717) is 24.2 Å². The number of methoxy groups -OCH3 is 1. The number of nitrogens with zero attached hydrogens (tertiary/aromatic N) is 1. The lowest BCUT2D eigenvalue weighted by molar-refractivity contribution is 0.345. The van der Waals surface area contributed by atoms with Crippen molar-refractivity contribution in [3.63, 3.8) is 0 Å². The number of sulfone groups is 1. The van der Waals surface area contributed by atoms with Crippen molar-refractivity contribution >= 4 is 19.9 Å². The number of hydrogen-bond donors (Lipinski definition) is 0. The van der Waals surface area contributed by atoms with Gasteiger partial charge in [-0.15, -0.1) is 0 Å². The van der Waals surface area contributed by atoms with Crippen molar-refractivity contribution in [1.29, 1.82) is 0 Å². The molecule has 8 heteroatoms. The Labute approximate surface area is 167 Å². The van der Waals surface area contributed by atoms with Gasteiger partial charge >= 0.3 is 0 Å². The molecule has 3 rings (SSSR count).